The zero-order chi connectivity index (χ0) is 12.7. The monoisotopic (exact) mass is 230 g/mol. The average Bonchev–Trinajstić information content (AvgIpc) is 2.15. The number of carboxylic acids is 1. The smallest absolute Gasteiger partial charge is 0.317 e. The lowest BCUT2D eigenvalue weighted by molar-refractivity contribution is -0.139. The van der Waals surface area contributed by atoms with Crippen molar-refractivity contribution >= 4 is 11.9 Å². The van der Waals surface area contributed by atoms with Crippen molar-refractivity contribution < 1.29 is 14.7 Å². The van der Waals surface area contributed by atoms with E-state index in [0.717, 1.165) is 6.42 Å². The summed E-state index contributed by atoms with van der Waals surface area (Å²) >= 11 is 0. The Kier molecular flexibility index (Phi) is 6.72. The van der Waals surface area contributed by atoms with Gasteiger partial charge in [0, 0.05) is 13.1 Å². The Morgan fingerprint density at radius 1 is 1.25 bits per heavy atom. The first-order valence-corrected chi connectivity index (χ1v) is 5.58. The molecule has 94 valence electrons. The van der Waals surface area contributed by atoms with Crippen molar-refractivity contribution in [3.8, 4) is 0 Å². The van der Waals surface area contributed by atoms with Crippen LogP contribution in [-0.4, -0.2) is 59.5 Å². The molecule has 0 aliphatic heterocycles. The van der Waals surface area contributed by atoms with E-state index < -0.39 is 5.97 Å². The zero-order valence-electron chi connectivity index (χ0n) is 10.6. The Hall–Kier alpha value is -1.10. The number of carbonyl (C=O) groups is 2. The molecule has 5 heteroatoms. The van der Waals surface area contributed by atoms with Crippen molar-refractivity contribution in [2.24, 2.45) is 0 Å². The van der Waals surface area contributed by atoms with Crippen LogP contribution in [0.15, 0.2) is 0 Å². The van der Waals surface area contributed by atoms with Gasteiger partial charge >= 0.3 is 5.97 Å². The van der Waals surface area contributed by atoms with E-state index in [1.165, 1.54) is 0 Å². The summed E-state index contributed by atoms with van der Waals surface area (Å²) in [5, 5.41) is 8.70. The van der Waals surface area contributed by atoms with Crippen LogP contribution in [0, 0.1) is 0 Å². The standard InChI is InChI=1S/C11H22N2O3/c1-5-6-13(8-11(15)16)7-10(14)12(4)9(2)3/h9H,5-8H2,1-4H3,(H,15,16). The molecule has 0 spiro atoms. The van der Waals surface area contributed by atoms with E-state index in [1.807, 2.05) is 20.8 Å². The molecular formula is C11H22N2O3. The lowest BCUT2D eigenvalue weighted by Gasteiger charge is -2.25. The Labute approximate surface area is 97.0 Å². The number of carbonyl (C=O) groups excluding carboxylic acids is 1. The topological polar surface area (TPSA) is 60.9 Å². The van der Waals surface area contributed by atoms with Gasteiger partial charge in [-0.25, -0.2) is 0 Å². The van der Waals surface area contributed by atoms with Gasteiger partial charge in [-0.3, -0.25) is 14.5 Å². The van der Waals surface area contributed by atoms with Crippen molar-refractivity contribution in [1.82, 2.24) is 9.80 Å². The molecule has 1 N–H and O–H groups in total. The minimum atomic E-state index is -0.895. The molecule has 0 atom stereocenters. The number of rotatable bonds is 7. The normalized spacial score (nSPS) is 10.9. The van der Waals surface area contributed by atoms with Crippen LogP contribution in [0.5, 0.6) is 0 Å². The fourth-order valence-electron chi connectivity index (χ4n) is 1.31. The van der Waals surface area contributed by atoms with E-state index in [0.29, 0.717) is 6.54 Å². The van der Waals surface area contributed by atoms with Gasteiger partial charge in [0.15, 0.2) is 0 Å². The maximum Gasteiger partial charge on any atom is 0.317 e. The highest BCUT2D eigenvalue weighted by Crippen LogP contribution is 1.98. The van der Waals surface area contributed by atoms with Gasteiger partial charge in [0.05, 0.1) is 13.1 Å². The second-order valence-electron chi connectivity index (χ2n) is 4.20. The van der Waals surface area contributed by atoms with Crippen LogP contribution < -0.4 is 0 Å². The predicted molar refractivity (Wildman–Crippen MR) is 62.3 cm³/mol. The number of amides is 1. The van der Waals surface area contributed by atoms with Gasteiger partial charge in [-0.15, -0.1) is 0 Å². The molecule has 0 fully saturated rings. The van der Waals surface area contributed by atoms with E-state index in [2.05, 4.69) is 0 Å². The molecule has 0 aromatic heterocycles. The molecule has 0 saturated carbocycles. The first kappa shape index (κ1) is 14.9. The summed E-state index contributed by atoms with van der Waals surface area (Å²) in [6, 6.07) is 0.140. The van der Waals surface area contributed by atoms with Crippen LogP contribution in [0.1, 0.15) is 27.2 Å². The first-order valence-electron chi connectivity index (χ1n) is 5.58. The molecule has 0 unspecified atom stereocenters. The van der Waals surface area contributed by atoms with E-state index >= 15 is 0 Å². The molecule has 0 radical (unpaired) electrons. The van der Waals surface area contributed by atoms with E-state index in [9.17, 15) is 9.59 Å². The van der Waals surface area contributed by atoms with E-state index in [-0.39, 0.29) is 25.0 Å². The number of hydrogen-bond donors (Lipinski definition) is 1. The fourth-order valence-corrected chi connectivity index (χ4v) is 1.31. The zero-order valence-corrected chi connectivity index (χ0v) is 10.6. The molecule has 0 rings (SSSR count). The molecule has 0 aliphatic rings. The van der Waals surface area contributed by atoms with E-state index in [1.54, 1.807) is 16.8 Å². The Balaban J connectivity index is 4.27. The third-order valence-electron chi connectivity index (χ3n) is 2.43. The molecule has 1 amide bonds. The summed E-state index contributed by atoms with van der Waals surface area (Å²) in [7, 11) is 1.73. The fraction of sp³-hybridized carbons (Fsp3) is 0.818. The summed E-state index contributed by atoms with van der Waals surface area (Å²) in [5.74, 6) is -0.932. The molecule has 0 aromatic rings. The second-order valence-corrected chi connectivity index (χ2v) is 4.20. The number of hydrogen-bond acceptors (Lipinski definition) is 3. The lowest BCUT2D eigenvalue weighted by Crippen LogP contribution is -2.43. The Morgan fingerprint density at radius 3 is 2.19 bits per heavy atom. The van der Waals surface area contributed by atoms with Crippen molar-refractivity contribution in [1.29, 1.82) is 0 Å². The van der Waals surface area contributed by atoms with Crippen molar-refractivity contribution in [3.05, 3.63) is 0 Å². The summed E-state index contributed by atoms with van der Waals surface area (Å²) in [5.41, 5.74) is 0. The third-order valence-corrected chi connectivity index (χ3v) is 2.43. The van der Waals surface area contributed by atoms with Crippen LogP contribution in [0.2, 0.25) is 0 Å². The van der Waals surface area contributed by atoms with Crippen molar-refractivity contribution in [2.45, 2.75) is 33.2 Å². The van der Waals surface area contributed by atoms with Crippen molar-refractivity contribution in [3.63, 3.8) is 0 Å². The minimum Gasteiger partial charge on any atom is -0.480 e. The summed E-state index contributed by atoms with van der Waals surface area (Å²) in [6.45, 7) is 6.55. The highest BCUT2D eigenvalue weighted by atomic mass is 16.4. The first-order chi connectivity index (χ1) is 7.38. The van der Waals surface area contributed by atoms with Crippen LogP contribution in [0.4, 0.5) is 0 Å². The van der Waals surface area contributed by atoms with Gasteiger partial charge in [0.25, 0.3) is 0 Å². The van der Waals surface area contributed by atoms with Crippen LogP contribution in [0.25, 0.3) is 0 Å². The van der Waals surface area contributed by atoms with Gasteiger partial charge in [0.2, 0.25) is 5.91 Å². The van der Waals surface area contributed by atoms with E-state index in [4.69, 9.17) is 5.11 Å². The van der Waals surface area contributed by atoms with Gasteiger partial charge in [0.1, 0.15) is 0 Å². The molecule has 0 saturated heterocycles. The van der Waals surface area contributed by atoms with Crippen LogP contribution in [0.3, 0.4) is 0 Å². The number of likely N-dealkylation sites (N-methyl/N-ethyl adjacent to an activating group) is 1. The molecule has 0 bridgehead atoms. The average molecular weight is 230 g/mol. The Morgan fingerprint density at radius 2 is 1.81 bits per heavy atom. The molecule has 16 heavy (non-hydrogen) atoms. The van der Waals surface area contributed by atoms with Gasteiger partial charge in [-0.1, -0.05) is 6.92 Å². The van der Waals surface area contributed by atoms with Gasteiger partial charge in [-0.05, 0) is 26.8 Å². The quantitative estimate of drug-likeness (QED) is 0.697. The van der Waals surface area contributed by atoms with Gasteiger partial charge < -0.3 is 10.0 Å². The number of nitrogens with zero attached hydrogens (tertiary/aromatic N) is 2. The highest BCUT2D eigenvalue weighted by molar-refractivity contribution is 5.79. The lowest BCUT2D eigenvalue weighted by atomic mass is 10.3. The van der Waals surface area contributed by atoms with Crippen molar-refractivity contribution in [2.75, 3.05) is 26.7 Å². The maximum absolute atomic E-state index is 11.7. The second kappa shape index (κ2) is 7.22. The van der Waals surface area contributed by atoms with Crippen LogP contribution in [-0.2, 0) is 9.59 Å². The summed E-state index contributed by atoms with van der Waals surface area (Å²) in [6.07, 6.45) is 0.839. The van der Waals surface area contributed by atoms with Gasteiger partial charge in [-0.2, -0.15) is 0 Å². The molecule has 5 nitrogen and oxygen atoms in total. The molecule has 0 aromatic carbocycles. The molecular weight excluding hydrogens is 208 g/mol. The molecule has 0 aliphatic carbocycles. The predicted octanol–water partition coefficient (Wildman–Crippen LogP) is 0.650. The number of aliphatic carboxylic acids is 1. The maximum atomic E-state index is 11.7. The Bertz CT molecular complexity index is 241. The third kappa shape index (κ3) is 5.70. The highest BCUT2D eigenvalue weighted by Gasteiger charge is 2.17. The van der Waals surface area contributed by atoms with Crippen LogP contribution >= 0.6 is 0 Å². The largest absolute Gasteiger partial charge is 0.480 e. The minimum absolute atomic E-state index is 0.0373. The molecule has 0 heterocycles. The number of carboxylic acid groups (broad SMARTS) is 1. The SMILES string of the molecule is CCCN(CC(=O)O)CC(=O)N(C)C(C)C. The summed E-state index contributed by atoms with van der Waals surface area (Å²) < 4.78 is 0. The summed E-state index contributed by atoms with van der Waals surface area (Å²) in [4.78, 5) is 25.6.